The van der Waals surface area contributed by atoms with Crippen LogP contribution in [0.1, 0.15) is 82.4 Å². The van der Waals surface area contributed by atoms with Crippen LogP contribution in [0.25, 0.3) is 0 Å². The van der Waals surface area contributed by atoms with Gasteiger partial charge in [0.25, 0.3) is 11.8 Å². The molecule has 6 rings (SSSR count). The molecule has 2 saturated carbocycles. The van der Waals surface area contributed by atoms with Gasteiger partial charge in [-0.3, -0.25) is 9.59 Å². The summed E-state index contributed by atoms with van der Waals surface area (Å²) in [4.78, 5) is 37.1. The first-order valence-corrected chi connectivity index (χ1v) is 19.2. The lowest BCUT2D eigenvalue weighted by Gasteiger charge is -2.17. The molecular formula is C40H45N3O10S. The van der Waals surface area contributed by atoms with Crippen LogP contribution in [0.5, 0.6) is 23.0 Å². The molecule has 54 heavy (non-hydrogen) atoms. The normalized spacial score (nSPS) is 14.3. The van der Waals surface area contributed by atoms with Crippen molar-refractivity contribution in [3.8, 4) is 23.0 Å². The van der Waals surface area contributed by atoms with Gasteiger partial charge >= 0.3 is 5.97 Å². The summed E-state index contributed by atoms with van der Waals surface area (Å²) in [7, 11) is 0.461. The zero-order chi connectivity index (χ0) is 38.7. The lowest BCUT2D eigenvalue weighted by atomic mass is 10.1. The van der Waals surface area contributed by atoms with Crippen molar-refractivity contribution < 1.29 is 46.5 Å². The largest absolute Gasteiger partial charge is 0.493 e. The Morgan fingerprint density at radius 1 is 0.611 bits per heavy atom. The Morgan fingerprint density at radius 2 is 1.06 bits per heavy atom. The molecule has 4 N–H and O–H groups in total. The maximum atomic E-state index is 12.7. The highest BCUT2D eigenvalue weighted by atomic mass is 32.2. The number of anilines is 2. The first kappa shape index (κ1) is 39.6. The number of nitrogens with one attached hydrogen (secondary N) is 2. The maximum Gasteiger partial charge on any atom is 0.339 e. The number of rotatable bonds is 12. The monoisotopic (exact) mass is 759 g/mol. The van der Waals surface area contributed by atoms with E-state index in [4.69, 9.17) is 28.8 Å². The van der Waals surface area contributed by atoms with E-state index < -0.39 is 21.9 Å². The first-order chi connectivity index (χ1) is 26.0. The van der Waals surface area contributed by atoms with E-state index in [9.17, 15) is 22.8 Å². The third-order valence-corrected chi connectivity index (χ3v) is 10.0. The summed E-state index contributed by atoms with van der Waals surface area (Å²) in [5, 5.41) is 10.6. The van der Waals surface area contributed by atoms with Crippen molar-refractivity contribution in [2.24, 2.45) is 5.14 Å². The Bertz CT molecular complexity index is 2060. The zero-order valence-corrected chi connectivity index (χ0v) is 31.3. The summed E-state index contributed by atoms with van der Waals surface area (Å²) in [6, 6.07) is 22.6. The number of para-hydroxylation sites is 2. The molecule has 0 saturated heterocycles. The number of amides is 2. The van der Waals surface area contributed by atoms with Crippen LogP contribution >= 0.6 is 0 Å². The van der Waals surface area contributed by atoms with Crippen molar-refractivity contribution in [1.29, 1.82) is 0 Å². The highest BCUT2D eigenvalue weighted by Crippen LogP contribution is 2.34. The fourth-order valence-corrected chi connectivity index (χ4v) is 6.97. The van der Waals surface area contributed by atoms with Gasteiger partial charge in [-0.1, -0.05) is 24.3 Å². The summed E-state index contributed by atoms with van der Waals surface area (Å²) in [6.45, 7) is 0. The van der Waals surface area contributed by atoms with Gasteiger partial charge in [0.15, 0.2) is 23.0 Å². The number of hydrogen-bond acceptors (Lipinski definition) is 10. The average Bonchev–Trinajstić information content (AvgIpc) is 3.90. The number of ether oxygens (including phenoxy) is 5. The molecular weight excluding hydrogens is 715 g/mol. The molecule has 0 unspecified atom stereocenters. The molecule has 0 spiro atoms. The van der Waals surface area contributed by atoms with Crippen molar-refractivity contribution in [3.63, 3.8) is 0 Å². The van der Waals surface area contributed by atoms with E-state index in [-0.39, 0.29) is 28.7 Å². The lowest BCUT2D eigenvalue weighted by Crippen LogP contribution is -2.18. The minimum atomic E-state index is -3.96. The molecule has 4 aromatic carbocycles. The van der Waals surface area contributed by atoms with Gasteiger partial charge in [0.1, 0.15) is 4.90 Å². The second-order valence-electron chi connectivity index (χ2n) is 12.8. The van der Waals surface area contributed by atoms with E-state index in [1.165, 1.54) is 25.3 Å². The van der Waals surface area contributed by atoms with E-state index in [0.29, 0.717) is 45.4 Å². The van der Waals surface area contributed by atoms with E-state index in [2.05, 4.69) is 10.6 Å². The molecule has 14 heteroatoms. The fraction of sp³-hybridized carbons (Fsp3) is 0.325. The van der Waals surface area contributed by atoms with Gasteiger partial charge in [-0.05, 0) is 112 Å². The van der Waals surface area contributed by atoms with Crippen LogP contribution in [-0.4, -0.2) is 59.7 Å². The SMILES string of the molecule is COC(=O)c1ccccc1NC(=O)c1ccc(OC)c(OC2CCCC2)c1.COc1ccc(C(=O)Nc2ccccc2S(N)(=O)=O)cc1OC1CCCC1. The van der Waals surface area contributed by atoms with Crippen LogP contribution in [0.15, 0.2) is 89.8 Å². The number of methoxy groups -OCH3 is 3. The number of sulfonamides is 1. The van der Waals surface area contributed by atoms with Gasteiger partial charge in [0.05, 0.1) is 50.5 Å². The summed E-state index contributed by atoms with van der Waals surface area (Å²) in [5.74, 6) is 0.869. The molecule has 0 aromatic heterocycles. The van der Waals surface area contributed by atoms with E-state index in [0.717, 1.165) is 51.4 Å². The number of esters is 1. The average molecular weight is 760 g/mol. The zero-order valence-electron chi connectivity index (χ0n) is 30.5. The molecule has 2 aliphatic rings. The molecule has 2 aliphatic carbocycles. The second kappa shape index (κ2) is 18.4. The third-order valence-electron chi connectivity index (χ3n) is 9.07. The number of benzene rings is 4. The van der Waals surface area contributed by atoms with Crippen LogP contribution in [0.4, 0.5) is 11.4 Å². The van der Waals surface area contributed by atoms with Gasteiger partial charge in [-0.25, -0.2) is 18.4 Å². The van der Waals surface area contributed by atoms with Crippen molar-refractivity contribution in [2.45, 2.75) is 68.5 Å². The Hall–Kier alpha value is -5.60. The molecule has 0 atom stereocenters. The minimum Gasteiger partial charge on any atom is -0.493 e. The highest BCUT2D eigenvalue weighted by Gasteiger charge is 2.22. The van der Waals surface area contributed by atoms with Gasteiger partial charge < -0.3 is 34.3 Å². The third kappa shape index (κ3) is 10.3. The Kier molecular flexibility index (Phi) is 13.5. The van der Waals surface area contributed by atoms with E-state index >= 15 is 0 Å². The molecule has 286 valence electrons. The summed E-state index contributed by atoms with van der Waals surface area (Å²) < 4.78 is 50.9. The molecule has 2 amide bonds. The number of carbonyl (C=O) groups is 3. The second-order valence-corrected chi connectivity index (χ2v) is 14.3. The minimum absolute atomic E-state index is 0.111. The van der Waals surface area contributed by atoms with Crippen LogP contribution in [-0.2, 0) is 14.8 Å². The van der Waals surface area contributed by atoms with E-state index in [1.807, 2.05) is 0 Å². The van der Waals surface area contributed by atoms with Crippen LogP contribution in [0.2, 0.25) is 0 Å². The van der Waals surface area contributed by atoms with Crippen molar-refractivity contribution >= 4 is 39.2 Å². The lowest BCUT2D eigenvalue weighted by molar-refractivity contribution is 0.0601. The summed E-state index contributed by atoms with van der Waals surface area (Å²) in [5.41, 5.74) is 1.56. The fourth-order valence-electron chi connectivity index (χ4n) is 6.28. The van der Waals surface area contributed by atoms with Crippen LogP contribution in [0.3, 0.4) is 0 Å². The van der Waals surface area contributed by atoms with Crippen molar-refractivity contribution in [1.82, 2.24) is 0 Å². The van der Waals surface area contributed by atoms with Crippen molar-refractivity contribution in [3.05, 3.63) is 102 Å². The van der Waals surface area contributed by atoms with Crippen LogP contribution in [0, 0.1) is 0 Å². The number of nitrogens with two attached hydrogens (primary N) is 1. The number of carbonyl (C=O) groups excluding carboxylic acids is 3. The molecule has 4 aromatic rings. The highest BCUT2D eigenvalue weighted by molar-refractivity contribution is 7.89. The van der Waals surface area contributed by atoms with Crippen LogP contribution < -0.4 is 34.7 Å². The van der Waals surface area contributed by atoms with Gasteiger partial charge in [0, 0.05) is 11.1 Å². The molecule has 0 heterocycles. The summed E-state index contributed by atoms with van der Waals surface area (Å²) >= 11 is 0. The Balaban J connectivity index is 0.000000208. The van der Waals surface area contributed by atoms with Gasteiger partial charge in [0.2, 0.25) is 10.0 Å². The summed E-state index contributed by atoms with van der Waals surface area (Å²) in [6.07, 6.45) is 8.77. The smallest absolute Gasteiger partial charge is 0.339 e. The molecule has 0 radical (unpaired) electrons. The van der Waals surface area contributed by atoms with Gasteiger partial charge in [-0.2, -0.15) is 0 Å². The Labute approximate surface area is 315 Å². The van der Waals surface area contributed by atoms with Gasteiger partial charge in [-0.15, -0.1) is 0 Å². The molecule has 0 aliphatic heterocycles. The molecule has 2 fully saturated rings. The van der Waals surface area contributed by atoms with E-state index in [1.54, 1.807) is 80.9 Å². The van der Waals surface area contributed by atoms with Crippen molar-refractivity contribution in [2.75, 3.05) is 32.0 Å². The Morgan fingerprint density at radius 3 is 1.52 bits per heavy atom. The number of primary sulfonamides is 1. The molecule has 13 nitrogen and oxygen atoms in total. The number of hydrogen-bond donors (Lipinski definition) is 3. The molecule has 0 bridgehead atoms. The quantitative estimate of drug-likeness (QED) is 0.128. The maximum absolute atomic E-state index is 12.7. The standard InChI is InChI=1S/C21H23NO5.C19H22N2O5S/c1-25-18-12-11-14(13-19(18)27-15-7-3-4-8-15)20(23)22-17-10-6-5-9-16(17)21(24)26-2;1-25-16-11-10-13(12-17(16)26-14-6-2-3-7-14)19(22)21-15-8-4-5-9-18(15)27(20,23)24/h5-6,9-13,15H,3-4,7-8H2,1-2H3,(H,22,23);4-5,8-12,14H,2-3,6-7H2,1H3,(H,21,22)(H2,20,23,24). The first-order valence-electron chi connectivity index (χ1n) is 17.6. The predicted octanol–water partition coefficient (Wildman–Crippen LogP) is 6.97. The topological polar surface area (TPSA) is 182 Å². The predicted molar refractivity (Wildman–Crippen MR) is 203 cm³/mol.